The fraction of sp³-hybridized carbons (Fsp3) is 0.812. The summed E-state index contributed by atoms with van der Waals surface area (Å²) in [7, 11) is 1.68. The number of esters is 1. The molecule has 1 amide bonds. The molecule has 6 heteroatoms. The zero-order valence-corrected chi connectivity index (χ0v) is 13.9. The van der Waals surface area contributed by atoms with E-state index in [0.717, 1.165) is 0 Å². The van der Waals surface area contributed by atoms with Gasteiger partial charge in [0.25, 0.3) is 0 Å². The van der Waals surface area contributed by atoms with E-state index in [4.69, 9.17) is 9.84 Å². The van der Waals surface area contributed by atoms with Crippen molar-refractivity contribution in [1.29, 1.82) is 0 Å². The highest BCUT2D eigenvalue weighted by Crippen LogP contribution is 2.30. The van der Waals surface area contributed by atoms with E-state index >= 15 is 0 Å². The Kier molecular flexibility index (Phi) is 6.38. The van der Waals surface area contributed by atoms with Crippen molar-refractivity contribution < 1.29 is 24.2 Å². The molecule has 1 saturated carbocycles. The van der Waals surface area contributed by atoms with Crippen LogP contribution in [0.4, 0.5) is 0 Å². The van der Waals surface area contributed by atoms with Crippen LogP contribution in [0.25, 0.3) is 0 Å². The van der Waals surface area contributed by atoms with Crippen molar-refractivity contribution in [3.05, 3.63) is 0 Å². The van der Waals surface area contributed by atoms with Crippen LogP contribution in [0.3, 0.4) is 0 Å². The van der Waals surface area contributed by atoms with Crippen LogP contribution in [0, 0.1) is 11.8 Å². The fourth-order valence-corrected chi connectivity index (χ4v) is 2.66. The largest absolute Gasteiger partial charge is 0.481 e. The fourth-order valence-electron chi connectivity index (χ4n) is 2.66. The Morgan fingerprint density at radius 2 is 1.59 bits per heavy atom. The van der Waals surface area contributed by atoms with Crippen molar-refractivity contribution >= 4 is 17.8 Å². The average Bonchev–Trinajstić information content (AvgIpc) is 2.42. The number of carbonyl (C=O) groups excluding carboxylic acids is 2. The van der Waals surface area contributed by atoms with Crippen molar-refractivity contribution in [2.75, 3.05) is 13.6 Å². The van der Waals surface area contributed by atoms with E-state index in [1.54, 1.807) is 32.7 Å². The Bertz CT molecular complexity index is 419. The van der Waals surface area contributed by atoms with Crippen molar-refractivity contribution in [2.45, 2.75) is 58.5 Å². The lowest BCUT2D eigenvalue weighted by atomic mass is 9.81. The Morgan fingerprint density at radius 1 is 1.09 bits per heavy atom. The number of amides is 1. The molecule has 0 aromatic rings. The molecule has 0 aliphatic heterocycles. The molecule has 1 aliphatic carbocycles. The van der Waals surface area contributed by atoms with Crippen molar-refractivity contribution in [3.63, 3.8) is 0 Å². The predicted molar refractivity (Wildman–Crippen MR) is 81.2 cm³/mol. The maximum absolute atomic E-state index is 12.3. The van der Waals surface area contributed by atoms with E-state index < -0.39 is 11.6 Å². The number of carboxylic acid groups (broad SMARTS) is 1. The number of carbonyl (C=O) groups is 3. The summed E-state index contributed by atoms with van der Waals surface area (Å²) in [4.78, 5) is 36.4. The molecule has 0 saturated heterocycles. The molecule has 0 aromatic carbocycles. The van der Waals surface area contributed by atoms with Crippen molar-refractivity contribution in [2.24, 2.45) is 11.8 Å². The van der Waals surface area contributed by atoms with E-state index in [9.17, 15) is 14.4 Å². The molecule has 1 fully saturated rings. The van der Waals surface area contributed by atoms with Crippen LogP contribution >= 0.6 is 0 Å². The molecule has 1 N–H and O–H groups in total. The lowest BCUT2D eigenvalue weighted by molar-refractivity contribution is -0.155. The second-order valence-corrected chi connectivity index (χ2v) is 6.98. The first-order valence-corrected chi connectivity index (χ1v) is 7.80. The van der Waals surface area contributed by atoms with Gasteiger partial charge in [-0.25, -0.2) is 0 Å². The zero-order valence-electron chi connectivity index (χ0n) is 13.9. The van der Waals surface area contributed by atoms with Gasteiger partial charge in [-0.3, -0.25) is 14.4 Å². The third-order valence-corrected chi connectivity index (χ3v) is 3.87. The number of hydrogen-bond donors (Lipinski definition) is 1. The molecule has 1 rings (SSSR count). The summed E-state index contributed by atoms with van der Waals surface area (Å²) in [6.07, 6.45) is 2.47. The third-order valence-electron chi connectivity index (χ3n) is 3.87. The van der Waals surface area contributed by atoms with E-state index in [1.807, 2.05) is 0 Å². The van der Waals surface area contributed by atoms with Gasteiger partial charge >= 0.3 is 11.9 Å². The summed E-state index contributed by atoms with van der Waals surface area (Å²) in [6, 6.07) is 0. The van der Waals surface area contributed by atoms with Gasteiger partial charge in [-0.15, -0.1) is 0 Å². The van der Waals surface area contributed by atoms with Gasteiger partial charge in [-0.1, -0.05) is 0 Å². The first kappa shape index (κ1) is 18.5. The highest BCUT2D eigenvalue weighted by molar-refractivity contribution is 5.80. The van der Waals surface area contributed by atoms with Crippen LogP contribution in [0.15, 0.2) is 0 Å². The van der Waals surface area contributed by atoms with Crippen LogP contribution in [0.1, 0.15) is 52.9 Å². The van der Waals surface area contributed by atoms with E-state index in [0.29, 0.717) is 32.2 Å². The summed E-state index contributed by atoms with van der Waals surface area (Å²) >= 11 is 0. The van der Waals surface area contributed by atoms with Gasteiger partial charge < -0.3 is 14.7 Å². The average molecular weight is 313 g/mol. The van der Waals surface area contributed by atoms with E-state index in [2.05, 4.69) is 0 Å². The molecular weight excluding hydrogens is 286 g/mol. The summed E-state index contributed by atoms with van der Waals surface area (Å²) < 4.78 is 5.21. The summed E-state index contributed by atoms with van der Waals surface area (Å²) in [5.74, 6) is -1.55. The first-order chi connectivity index (χ1) is 10.1. The van der Waals surface area contributed by atoms with Gasteiger partial charge in [0.15, 0.2) is 0 Å². The molecule has 0 radical (unpaired) electrons. The zero-order chi connectivity index (χ0) is 16.9. The van der Waals surface area contributed by atoms with Gasteiger partial charge in [0.1, 0.15) is 5.60 Å². The van der Waals surface area contributed by atoms with Gasteiger partial charge in [0.2, 0.25) is 5.91 Å². The lowest BCUT2D eigenvalue weighted by Gasteiger charge is -2.29. The molecule has 0 atom stereocenters. The number of hydrogen-bond acceptors (Lipinski definition) is 4. The summed E-state index contributed by atoms with van der Waals surface area (Å²) in [5.41, 5.74) is -0.519. The van der Waals surface area contributed by atoms with Crippen LogP contribution in [0.2, 0.25) is 0 Å². The lowest BCUT2D eigenvalue weighted by Crippen LogP contribution is -2.37. The molecule has 126 valence electrons. The Balaban J connectivity index is 2.37. The minimum atomic E-state index is -0.774. The predicted octanol–water partition coefficient (Wildman–Crippen LogP) is 2.07. The Morgan fingerprint density at radius 3 is 2.05 bits per heavy atom. The molecule has 0 heterocycles. The van der Waals surface area contributed by atoms with Gasteiger partial charge in [-0.2, -0.15) is 0 Å². The Labute approximate surface area is 131 Å². The van der Waals surface area contributed by atoms with Gasteiger partial charge in [0, 0.05) is 19.5 Å². The highest BCUT2D eigenvalue weighted by Gasteiger charge is 2.31. The molecule has 22 heavy (non-hydrogen) atoms. The van der Waals surface area contributed by atoms with Crippen LogP contribution in [-0.4, -0.2) is 47.0 Å². The van der Waals surface area contributed by atoms with Crippen molar-refractivity contribution in [3.8, 4) is 0 Å². The smallest absolute Gasteiger partial charge is 0.308 e. The second-order valence-electron chi connectivity index (χ2n) is 6.98. The second kappa shape index (κ2) is 7.61. The summed E-state index contributed by atoms with van der Waals surface area (Å²) in [6.45, 7) is 5.74. The maximum Gasteiger partial charge on any atom is 0.308 e. The van der Waals surface area contributed by atoms with Crippen LogP contribution in [-0.2, 0) is 19.1 Å². The SMILES string of the molecule is CN(CCC(=O)OC(C)(C)C)C(=O)C1CCC(C(=O)O)CC1. The number of aliphatic carboxylic acids is 1. The molecular formula is C16H27NO5. The van der Waals surface area contributed by atoms with E-state index in [1.165, 1.54) is 0 Å². The van der Waals surface area contributed by atoms with Crippen LogP contribution < -0.4 is 0 Å². The van der Waals surface area contributed by atoms with Crippen molar-refractivity contribution in [1.82, 2.24) is 4.90 Å². The minimum absolute atomic E-state index is 0.00704. The topological polar surface area (TPSA) is 83.9 Å². The molecule has 0 spiro atoms. The third kappa shape index (κ3) is 6.03. The van der Waals surface area contributed by atoms with Gasteiger partial charge in [-0.05, 0) is 46.5 Å². The van der Waals surface area contributed by atoms with Crippen LogP contribution in [0.5, 0.6) is 0 Å². The van der Waals surface area contributed by atoms with Gasteiger partial charge in [0.05, 0.1) is 12.3 Å². The quantitative estimate of drug-likeness (QED) is 0.785. The first-order valence-electron chi connectivity index (χ1n) is 7.80. The molecule has 0 aromatic heterocycles. The number of rotatable bonds is 5. The minimum Gasteiger partial charge on any atom is -0.481 e. The highest BCUT2D eigenvalue weighted by atomic mass is 16.6. The monoisotopic (exact) mass is 313 g/mol. The molecule has 0 bridgehead atoms. The normalized spacial score (nSPS) is 22.0. The molecule has 6 nitrogen and oxygen atoms in total. The standard InChI is InChI=1S/C16H27NO5/c1-16(2,3)22-13(18)9-10-17(4)14(19)11-5-7-12(8-6-11)15(20)21/h11-12H,5-10H2,1-4H3,(H,20,21). The maximum atomic E-state index is 12.3. The molecule has 1 aliphatic rings. The number of nitrogens with zero attached hydrogens (tertiary/aromatic N) is 1. The Hall–Kier alpha value is -1.59. The summed E-state index contributed by atoms with van der Waals surface area (Å²) in [5, 5.41) is 8.96. The number of carboxylic acids is 1. The molecule has 0 unspecified atom stereocenters. The van der Waals surface area contributed by atoms with E-state index in [-0.39, 0.29) is 30.1 Å². The number of ether oxygens (including phenoxy) is 1.